The van der Waals surface area contributed by atoms with E-state index in [1.165, 1.54) is 0 Å². The number of benzene rings is 2. The summed E-state index contributed by atoms with van der Waals surface area (Å²) in [5.41, 5.74) is 4.99. The average Bonchev–Trinajstić information content (AvgIpc) is 3.10. The predicted octanol–water partition coefficient (Wildman–Crippen LogP) is 4.58. The van der Waals surface area contributed by atoms with E-state index in [-0.39, 0.29) is 5.91 Å². The molecule has 0 aliphatic heterocycles. The molecule has 146 valence electrons. The molecule has 1 heterocycles. The van der Waals surface area contributed by atoms with Gasteiger partial charge in [-0.05, 0) is 44.0 Å². The number of nitrogens with zero attached hydrogens (tertiary/aromatic N) is 2. The second kappa shape index (κ2) is 9.04. The summed E-state index contributed by atoms with van der Waals surface area (Å²) in [7, 11) is 1.65. The Hall–Kier alpha value is -2.63. The van der Waals surface area contributed by atoms with Crippen molar-refractivity contribution in [3.63, 3.8) is 0 Å². The second-order valence-corrected chi connectivity index (χ2v) is 7.11. The molecule has 0 fully saturated rings. The van der Waals surface area contributed by atoms with Crippen LogP contribution in [0.5, 0.6) is 0 Å². The molecule has 28 heavy (non-hydrogen) atoms. The highest BCUT2D eigenvalue weighted by molar-refractivity contribution is 6.33. The molecule has 1 aromatic heterocycles. The van der Waals surface area contributed by atoms with E-state index in [0.717, 1.165) is 28.8 Å². The predicted molar refractivity (Wildman–Crippen MR) is 112 cm³/mol. The number of aromatic nitrogens is 2. The van der Waals surface area contributed by atoms with Crippen molar-refractivity contribution >= 4 is 17.5 Å². The number of hydrogen-bond donors (Lipinski definition) is 1. The molecule has 0 saturated carbocycles. The second-order valence-electron chi connectivity index (χ2n) is 6.70. The quantitative estimate of drug-likeness (QED) is 0.594. The van der Waals surface area contributed by atoms with Crippen LogP contribution in [0.3, 0.4) is 0 Å². The van der Waals surface area contributed by atoms with E-state index < -0.39 is 0 Å². The highest BCUT2D eigenvalue weighted by atomic mass is 35.5. The molecule has 6 heteroatoms. The minimum absolute atomic E-state index is 0.179. The number of amides is 1. The molecule has 1 amide bonds. The maximum atomic E-state index is 12.9. The lowest BCUT2D eigenvalue weighted by Crippen LogP contribution is -2.27. The number of carbonyl (C=O) groups excluding carboxylic acids is 1. The lowest BCUT2D eigenvalue weighted by Gasteiger charge is -2.11. The normalized spacial score (nSPS) is 10.9. The fourth-order valence-corrected chi connectivity index (χ4v) is 3.31. The average molecular weight is 398 g/mol. The molecular formula is C22H24ClN3O2. The van der Waals surface area contributed by atoms with Crippen LogP contribution in [0, 0.1) is 13.8 Å². The minimum Gasteiger partial charge on any atom is -0.385 e. The van der Waals surface area contributed by atoms with E-state index in [1.54, 1.807) is 17.9 Å². The van der Waals surface area contributed by atoms with E-state index >= 15 is 0 Å². The van der Waals surface area contributed by atoms with Crippen molar-refractivity contribution in [3.8, 4) is 16.9 Å². The Kier molecular flexibility index (Phi) is 6.49. The fourth-order valence-electron chi connectivity index (χ4n) is 3.08. The first-order valence-corrected chi connectivity index (χ1v) is 9.59. The van der Waals surface area contributed by atoms with E-state index in [2.05, 4.69) is 11.4 Å². The number of rotatable bonds is 7. The lowest BCUT2D eigenvalue weighted by atomic mass is 10.1. The van der Waals surface area contributed by atoms with Crippen LogP contribution < -0.4 is 5.32 Å². The third kappa shape index (κ3) is 4.43. The SMILES string of the molecule is COCCCNC(=O)c1cc(-c2ccccc2Cl)nn1-c1ccc(C)cc1C. The smallest absolute Gasteiger partial charge is 0.270 e. The number of carbonyl (C=O) groups is 1. The van der Waals surface area contributed by atoms with Crippen LogP contribution >= 0.6 is 11.6 Å². The maximum absolute atomic E-state index is 12.9. The van der Waals surface area contributed by atoms with Crippen molar-refractivity contribution in [3.05, 3.63) is 70.4 Å². The van der Waals surface area contributed by atoms with Gasteiger partial charge in [0.1, 0.15) is 5.69 Å². The van der Waals surface area contributed by atoms with Crippen molar-refractivity contribution in [1.82, 2.24) is 15.1 Å². The van der Waals surface area contributed by atoms with Crippen LogP contribution in [0.1, 0.15) is 28.0 Å². The van der Waals surface area contributed by atoms with Gasteiger partial charge in [0.2, 0.25) is 0 Å². The van der Waals surface area contributed by atoms with Crippen LogP contribution in [0.15, 0.2) is 48.5 Å². The van der Waals surface area contributed by atoms with E-state index in [0.29, 0.717) is 29.6 Å². The number of hydrogen-bond acceptors (Lipinski definition) is 3. The Labute approximate surface area is 170 Å². The highest BCUT2D eigenvalue weighted by Crippen LogP contribution is 2.29. The van der Waals surface area contributed by atoms with Gasteiger partial charge in [-0.25, -0.2) is 4.68 Å². The molecule has 0 saturated heterocycles. The zero-order valence-corrected chi connectivity index (χ0v) is 17.1. The molecule has 0 spiro atoms. The fraction of sp³-hybridized carbons (Fsp3) is 0.273. The standard InChI is InChI=1S/C22H24ClN3O2/c1-15-9-10-20(16(2)13-15)26-21(22(27)24-11-6-12-28-3)14-19(25-26)17-7-4-5-8-18(17)23/h4-5,7-10,13-14H,6,11-12H2,1-3H3,(H,24,27). The van der Waals surface area contributed by atoms with Gasteiger partial charge in [-0.1, -0.05) is 47.5 Å². The van der Waals surface area contributed by atoms with Gasteiger partial charge in [0.15, 0.2) is 0 Å². The van der Waals surface area contributed by atoms with Gasteiger partial charge >= 0.3 is 0 Å². The molecule has 0 bridgehead atoms. The molecule has 1 N–H and O–H groups in total. The van der Waals surface area contributed by atoms with Gasteiger partial charge in [-0.15, -0.1) is 0 Å². The Morgan fingerprint density at radius 3 is 2.68 bits per heavy atom. The first kappa shape index (κ1) is 20.1. The molecule has 0 radical (unpaired) electrons. The van der Waals surface area contributed by atoms with Crippen LogP contribution in [0.4, 0.5) is 0 Å². The van der Waals surface area contributed by atoms with E-state index in [4.69, 9.17) is 21.4 Å². The molecular weight excluding hydrogens is 374 g/mol. The summed E-state index contributed by atoms with van der Waals surface area (Å²) in [6.45, 7) is 5.19. The van der Waals surface area contributed by atoms with Gasteiger partial charge in [0.05, 0.1) is 16.4 Å². The Morgan fingerprint density at radius 1 is 1.18 bits per heavy atom. The van der Waals surface area contributed by atoms with E-state index in [9.17, 15) is 4.79 Å². The Bertz CT molecular complexity index is 982. The van der Waals surface area contributed by atoms with Crippen molar-refractivity contribution in [2.24, 2.45) is 0 Å². The van der Waals surface area contributed by atoms with Gasteiger partial charge in [0.25, 0.3) is 5.91 Å². The first-order chi connectivity index (χ1) is 13.5. The van der Waals surface area contributed by atoms with Crippen molar-refractivity contribution < 1.29 is 9.53 Å². The third-order valence-electron chi connectivity index (χ3n) is 4.48. The number of halogens is 1. The third-order valence-corrected chi connectivity index (χ3v) is 4.81. The summed E-state index contributed by atoms with van der Waals surface area (Å²) >= 11 is 6.35. The summed E-state index contributed by atoms with van der Waals surface area (Å²) < 4.78 is 6.73. The molecule has 0 aliphatic carbocycles. The molecule has 3 aromatic rings. The topological polar surface area (TPSA) is 56.1 Å². The zero-order chi connectivity index (χ0) is 20.1. The molecule has 5 nitrogen and oxygen atoms in total. The highest BCUT2D eigenvalue weighted by Gasteiger charge is 2.19. The van der Waals surface area contributed by atoms with Crippen molar-refractivity contribution in [2.75, 3.05) is 20.3 Å². The monoisotopic (exact) mass is 397 g/mol. The van der Waals surface area contributed by atoms with Crippen LogP contribution in [-0.4, -0.2) is 35.9 Å². The van der Waals surface area contributed by atoms with Crippen LogP contribution in [-0.2, 0) is 4.74 Å². The first-order valence-electron chi connectivity index (χ1n) is 9.21. The summed E-state index contributed by atoms with van der Waals surface area (Å²) in [4.78, 5) is 12.9. The van der Waals surface area contributed by atoms with Gasteiger partial charge < -0.3 is 10.1 Å². The number of nitrogens with one attached hydrogen (secondary N) is 1. The van der Waals surface area contributed by atoms with E-state index in [1.807, 2.05) is 50.2 Å². The summed E-state index contributed by atoms with van der Waals surface area (Å²) in [5.74, 6) is -0.179. The van der Waals surface area contributed by atoms with Gasteiger partial charge in [-0.3, -0.25) is 4.79 Å². The summed E-state index contributed by atoms with van der Waals surface area (Å²) in [6, 6.07) is 15.3. The largest absolute Gasteiger partial charge is 0.385 e. The van der Waals surface area contributed by atoms with Crippen LogP contribution in [0.2, 0.25) is 5.02 Å². The number of aryl methyl sites for hydroxylation is 2. The molecule has 2 aromatic carbocycles. The van der Waals surface area contributed by atoms with Crippen molar-refractivity contribution in [1.29, 1.82) is 0 Å². The number of methoxy groups -OCH3 is 1. The minimum atomic E-state index is -0.179. The number of ether oxygens (including phenoxy) is 1. The maximum Gasteiger partial charge on any atom is 0.270 e. The van der Waals surface area contributed by atoms with Gasteiger partial charge in [0, 0.05) is 25.8 Å². The molecule has 0 atom stereocenters. The summed E-state index contributed by atoms with van der Waals surface area (Å²) in [6.07, 6.45) is 0.747. The Balaban J connectivity index is 2.03. The van der Waals surface area contributed by atoms with Gasteiger partial charge in [-0.2, -0.15) is 5.10 Å². The summed E-state index contributed by atoms with van der Waals surface area (Å²) in [5, 5.41) is 8.25. The lowest BCUT2D eigenvalue weighted by molar-refractivity contribution is 0.0941. The molecule has 0 aliphatic rings. The molecule has 3 rings (SSSR count). The molecule has 0 unspecified atom stereocenters. The zero-order valence-electron chi connectivity index (χ0n) is 16.3. The van der Waals surface area contributed by atoms with Crippen molar-refractivity contribution in [2.45, 2.75) is 20.3 Å². The Morgan fingerprint density at radius 2 is 1.96 bits per heavy atom. The van der Waals surface area contributed by atoms with Crippen LogP contribution in [0.25, 0.3) is 16.9 Å².